The number of hydrogen-bond acceptors (Lipinski definition) is 4. The molecule has 0 aliphatic rings. The molecule has 0 fully saturated rings. The van der Waals surface area contributed by atoms with E-state index in [0.717, 1.165) is 24.6 Å². The average Bonchev–Trinajstić information content (AvgIpc) is 2.46. The van der Waals surface area contributed by atoms with E-state index >= 15 is 0 Å². The van der Waals surface area contributed by atoms with E-state index in [1.165, 1.54) is 5.56 Å². The van der Waals surface area contributed by atoms with Crippen molar-refractivity contribution in [2.24, 2.45) is 0 Å². The Morgan fingerprint density at radius 1 is 1.20 bits per heavy atom. The second kappa shape index (κ2) is 10.3. The Labute approximate surface area is 121 Å². The molecule has 1 N–H and O–H groups in total. The first-order valence-corrected chi connectivity index (χ1v) is 7.01. The van der Waals surface area contributed by atoms with E-state index in [1.807, 2.05) is 44.2 Å². The summed E-state index contributed by atoms with van der Waals surface area (Å²) in [5.41, 5.74) is 1.17. The lowest BCUT2D eigenvalue weighted by atomic mass is 10.2. The normalized spacial score (nSPS) is 10.9. The first-order valence-electron chi connectivity index (χ1n) is 7.01. The fraction of sp³-hybridized carbons (Fsp3) is 0.500. The number of rotatable bonds is 10. The molecular weight excluding hydrogens is 254 g/mol. The van der Waals surface area contributed by atoms with Gasteiger partial charge in [0.1, 0.15) is 6.61 Å². The van der Waals surface area contributed by atoms with Gasteiger partial charge in [-0.15, -0.1) is 0 Å². The molecule has 0 unspecified atom stereocenters. The molecule has 0 aliphatic carbocycles. The summed E-state index contributed by atoms with van der Waals surface area (Å²) in [6, 6.07) is 6.03. The Bertz CT molecular complexity index is 405. The van der Waals surface area contributed by atoms with Crippen LogP contribution in [0.1, 0.15) is 19.4 Å². The largest absolute Gasteiger partial charge is 0.490 e. The molecular formula is C16H25NO3. The van der Waals surface area contributed by atoms with Gasteiger partial charge in [-0.05, 0) is 31.5 Å². The second-order valence-corrected chi connectivity index (χ2v) is 4.26. The molecule has 1 rings (SSSR count). The fourth-order valence-electron chi connectivity index (χ4n) is 1.69. The van der Waals surface area contributed by atoms with E-state index in [1.54, 1.807) is 7.11 Å². The number of hydrogen-bond donors (Lipinski definition) is 1. The van der Waals surface area contributed by atoms with Gasteiger partial charge in [0.25, 0.3) is 0 Å². The molecule has 0 saturated heterocycles. The van der Waals surface area contributed by atoms with Gasteiger partial charge in [-0.1, -0.05) is 18.2 Å². The van der Waals surface area contributed by atoms with Gasteiger partial charge in [0.05, 0.1) is 13.2 Å². The van der Waals surface area contributed by atoms with Crippen molar-refractivity contribution in [2.45, 2.75) is 20.4 Å². The van der Waals surface area contributed by atoms with Crippen molar-refractivity contribution in [3.63, 3.8) is 0 Å². The lowest BCUT2D eigenvalue weighted by Crippen LogP contribution is -2.18. The van der Waals surface area contributed by atoms with Crippen molar-refractivity contribution in [1.82, 2.24) is 5.32 Å². The molecule has 0 radical (unpaired) electrons. The van der Waals surface area contributed by atoms with Crippen LogP contribution in [0.3, 0.4) is 0 Å². The molecule has 0 bridgehead atoms. The number of allylic oxidation sites excluding steroid dienone is 1. The zero-order valence-electron chi connectivity index (χ0n) is 12.6. The molecule has 1 aromatic carbocycles. The van der Waals surface area contributed by atoms with Crippen LogP contribution in [-0.4, -0.2) is 33.5 Å². The number of methoxy groups -OCH3 is 1. The first-order chi connectivity index (χ1) is 9.81. The van der Waals surface area contributed by atoms with Crippen LogP contribution in [-0.2, 0) is 11.3 Å². The van der Waals surface area contributed by atoms with Crippen molar-refractivity contribution in [3.05, 3.63) is 35.9 Å². The van der Waals surface area contributed by atoms with Crippen LogP contribution in [0.2, 0.25) is 0 Å². The SMILES string of the molecule is CC=CCOc1ccc(CNCCOC)cc1OCC. The molecule has 0 aliphatic heterocycles. The van der Waals surface area contributed by atoms with E-state index in [4.69, 9.17) is 14.2 Å². The molecule has 0 spiro atoms. The maximum atomic E-state index is 5.68. The summed E-state index contributed by atoms with van der Waals surface area (Å²) in [4.78, 5) is 0. The third kappa shape index (κ3) is 6.08. The lowest BCUT2D eigenvalue weighted by molar-refractivity contribution is 0.199. The second-order valence-electron chi connectivity index (χ2n) is 4.26. The highest BCUT2D eigenvalue weighted by molar-refractivity contribution is 5.43. The topological polar surface area (TPSA) is 39.7 Å². The van der Waals surface area contributed by atoms with E-state index < -0.39 is 0 Å². The smallest absolute Gasteiger partial charge is 0.161 e. The number of benzene rings is 1. The van der Waals surface area contributed by atoms with Crippen LogP contribution in [0, 0.1) is 0 Å². The molecule has 20 heavy (non-hydrogen) atoms. The highest BCUT2D eigenvalue weighted by Crippen LogP contribution is 2.28. The standard InChI is InChI=1S/C16H25NO3/c1-4-6-10-20-15-8-7-14(12-16(15)19-5-2)13-17-9-11-18-3/h4,6-8,12,17H,5,9-11,13H2,1-3H3. The van der Waals surface area contributed by atoms with E-state index in [2.05, 4.69) is 5.32 Å². The molecule has 112 valence electrons. The Kier molecular flexibility index (Phi) is 8.51. The van der Waals surface area contributed by atoms with Crippen molar-refractivity contribution in [3.8, 4) is 11.5 Å². The van der Waals surface area contributed by atoms with Crippen molar-refractivity contribution in [2.75, 3.05) is 33.5 Å². The van der Waals surface area contributed by atoms with Crippen LogP contribution in [0.5, 0.6) is 11.5 Å². The predicted molar refractivity (Wildman–Crippen MR) is 81.5 cm³/mol. The summed E-state index contributed by atoms with van der Waals surface area (Å²) in [5, 5.41) is 3.31. The summed E-state index contributed by atoms with van der Waals surface area (Å²) in [6.07, 6.45) is 3.93. The molecule has 0 atom stereocenters. The molecule has 0 heterocycles. The van der Waals surface area contributed by atoms with Gasteiger partial charge in [0.2, 0.25) is 0 Å². The monoisotopic (exact) mass is 279 g/mol. The van der Waals surface area contributed by atoms with E-state index in [0.29, 0.717) is 19.8 Å². The summed E-state index contributed by atoms with van der Waals surface area (Å²) in [5.74, 6) is 1.58. The average molecular weight is 279 g/mol. The van der Waals surface area contributed by atoms with Gasteiger partial charge >= 0.3 is 0 Å². The Balaban J connectivity index is 2.62. The third-order valence-electron chi connectivity index (χ3n) is 2.69. The zero-order chi connectivity index (χ0) is 14.6. The van der Waals surface area contributed by atoms with Gasteiger partial charge in [0, 0.05) is 20.2 Å². The van der Waals surface area contributed by atoms with Gasteiger partial charge in [-0.2, -0.15) is 0 Å². The van der Waals surface area contributed by atoms with Crippen molar-refractivity contribution in [1.29, 1.82) is 0 Å². The predicted octanol–water partition coefficient (Wildman–Crippen LogP) is 2.78. The van der Waals surface area contributed by atoms with E-state index in [9.17, 15) is 0 Å². The summed E-state index contributed by atoms with van der Waals surface area (Å²) in [6.45, 7) is 7.46. The van der Waals surface area contributed by atoms with Gasteiger partial charge in [-0.3, -0.25) is 0 Å². The fourth-order valence-corrected chi connectivity index (χ4v) is 1.69. The van der Waals surface area contributed by atoms with Crippen LogP contribution in [0.15, 0.2) is 30.4 Å². The van der Waals surface area contributed by atoms with Crippen LogP contribution in [0.4, 0.5) is 0 Å². The summed E-state index contributed by atoms with van der Waals surface area (Å²) >= 11 is 0. The first kappa shape index (κ1) is 16.5. The minimum Gasteiger partial charge on any atom is -0.490 e. The van der Waals surface area contributed by atoms with Gasteiger partial charge in [-0.25, -0.2) is 0 Å². The molecule has 4 nitrogen and oxygen atoms in total. The maximum absolute atomic E-state index is 5.68. The third-order valence-corrected chi connectivity index (χ3v) is 2.69. The molecule has 0 aromatic heterocycles. The van der Waals surface area contributed by atoms with Crippen molar-refractivity contribution >= 4 is 0 Å². The van der Waals surface area contributed by atoms with Gasteiger partial charge < -0.3 is 19.5 Å². The lowest BCUT2D eigenvalue weighted by Gasteiger charge is -2.13. The minimum absolute atomic E-state index is 0.558. The zero-order valence-corrected chi connectivity index (χ0v) is 12.6. The van der Waals surface area contributed by atoms with Crippen LogP contribution >= 0.6 is 0 Å². The Hall–Kier alpha value is -1.52. The van der Waals surface area contributed by atoms with E-state index in [-0.39, 0.29) is 0 Å². The highest BCUT2D eigenvalue weighted by Gasteiger charge is 2.06. The summed E-state index contributed by atoms with van der Waals surface area (Å²) in [7, 11) is 1.70. The highest BCUT2D eigenvalue weighted by atomic mass is 16.5. The van der Waals surface area contributed by atoms with Gasteiger partial charge in [0.15, 0.2) is 11.5 Å². The van der Waals surface area contributed by atoms with Crippen molar-refractivity contribution < 1.29 is 14.2 Å². The minimum atomic E-state index is 0.558. The molecule has 4 heteroatoms. The molecule has 1 aromatic rings. The number of nitrogens with one attached hydrogen (secondary N) is 1. The van der Waals surface area contributed by atoms with Crippen LogP contribution in [0.25, 0.3) is 0 Å². The van der Waals surface area contributed by atoms with Crippen LogP contribution < -0.4 is 14.8 Å². The quantitative estimate of drug-likeness (QED) is 0.528. The Morgan fingerprint density at radius 2 is 2.05 bits per heavy atom. The molecule has 0 saturated carbocycles. The Morgan fingerprint density at radius 3 is 2.75 bits per heavy atom. The number of ether oxygens (including phenoxy) is 3. The maximum Gasteiger partial charge on any atom is 0.161 e. The summed E-state index contributed by atoms with van der Waals surface area (Å²) < 4.78 is 16.3. The molecule has 0 amide bonds.